The SMILES string of the molecule is CC(C)(C)c1cc(NS(=O)(=O)CCl)n[nH]1. The summed E-state index contributed by atoms with van der Waals surface area (Å²) in [6, 6.07) is 1.66. The Morgan fingerprint density at radius 2 is 2.13 bits per heavy atom. The molecule has 0 aromatic carbocycles. The first kappa shape index (κ1) is 12.3. The van der Waals surface area contributed by atoms with Gasteiger partial charge in [-0.3, -0.25) is 9.82 Å². The number of sulfonamides is 1. The summed E-state index contributed by atoms with van der Waals surface area (Å²) < 4.78 is 24.5. The maximum Gasteiger partial charge on any atom is 0.248 e. The number of rotatable bonds is 3. The number of anilines is 1. The molecule has 0 spiro atoms. The number of hydrogen-bond donors (Lipinski definition) is 2. The van der Waals surface area contributed by atoms with E-state index in [0.29, 0.717) is 0 Å². The van der Waals surface area contributed by atoms with Crippen molar-refractivity contribution in [1.82, 2.24) is 10.2 Å². The number of nitrogens with one attached hydrogen (secondary N) is 2. The first-order chi connectivity index (χ1) is 6.74. The molecule has 1 heterocycles. The van der Waals surface area contributed by atoms with Crippen molar-refractivity contribution in [3.8, 4) is 0 Å². The van der Waals surface area contributed by atoms with Gasteiger partial charge in [-0.2, -0.15) is 5.10 Å². The first-order valence-corrected chi connectivity index (χ1v) is 6.55. The van der Waals surface area contributed by atoms with Gasteiger partial charge in [0, 0.05) is 17.2 Å². The lowest BCUT2D eigenvalue weighted by Crippen LogP contribution is -2.13. The Morgan fingerprint density at radius 1 is 1.53 bits per heavy atom. The van der Waals surface area contributed by atoms with Crippen molar-refractivity contribution in [2.24, 2.45) is 0 Å². The molecule has 1 aromatic rings. The summed E-state index contributed by atoms with van der Waals surface area (Å²) in [6.45, 7) is 6.00. The Kier molecular flexibility index (Phi) is 3.30. The van der Waals surface area contributed by atoms with Gasteiger partial charge in [0.1, 0.15) is 5.21 Å². The van der Waals surface area contributed by atoms with Crippen LogP contribution in [0, 0.1) is 0 Å². The number of alkyl halides is 1. The van der Waals surface area contributed by atoms with E-state index in [4.69, 9.17) is 11.6 Å². The van der Waals surface area contributed by atoms with E-state index in [2.05, 4.69) is 14.9 Å². The number of H-pyrrole nitrogens is 1. The third-order valence-corrected chi connectivity index (χ3v) is 3.46. The molecule has 5 nitrogen and oxygen atoms in total. The van der Waals surface area contributed by atoms with E-state index in [1.165, 1.54) is 0 Å². The summed E-state index contributed by atoms with van der Waals surface area (Å²) in [5.74, 6) is 0.264. The largest absolute Gasteiger partial charge is 0.280 e. The second kappa shape index (κ2) is 4.02. The van der Waals surface area contributed by atoms with Crippen molar-refractivity contribution in [1.29, 1.82) is 0 Å². The summed E-state index contributed by atoms with van der Waals surface area (Å²) in [6.07, 6.45) is 0. The summed E-state index contributed by atoms with van der Waals surface area (Å²) in [4.78, 5) is 0. The first-order valence-electron chi connectivity index (χ1n) is 4.37. The number of aromatic nitrogens is 2. The van der Waals surface area contributed by atoms with Crippen LogP contribution in [0.4, 0.5) is 5.82 Å². The molecule has 2 N–H and O–H groups in total. The number of nitrogens with zero attached hydrogens (tertiary/aromatic N) is 1. The Hall–Kier alpha value is -0.750. The fraction of sp³-hybridized carbons (Fsp3) is 0.625. The van der Waals surface area contributed by atoms with Gasteiger partial charge in [-0.25, -0.2) is 8.42 Å². The molecule has 0 atom stereocenters. The molecule has 0 aliphatic heterocycles. The molecule has 0 aliphatic carbocycles. The molecule has 0 saturated heterocycles. The van der Waals surface area contributed by atoms with Crippen LogP contribution < -0.4 is 4.72 Å². The normalized spacial score (nSPS) is 12.8. The van der Waals surface area contributed by atoms with Crippen molar-refractivity contribution in [2.75, 3.05) is 9.93 Å². The Morgan fingerprint density at radius 3 is 2.53 bits per heavy atom. The summed E-state index contributed by atoms with van der Waals surface area (Å²) in [5, 5.41) is 6.13. The molecule has 1 aromatic heterocycles. The summed E-state index contributed by atoms with van der Waals surface area (Å²) in [5.41, 5.74) is 0.757. The van der Waals surface area contributed by atoms with Crippen LogP contribution >= 0.6 is 11.6 Å². The molecule has 0 saturated carbocycles. The van der Waals surface area contributed by atoms with Crippen LogP contribution in [0.1, 0.15) is 26.5 Å². The zero-order valence-corrected chi connectivity index (χ0v) is 10.4. The van der Waals surface area contributed by atoms with Crippen LogP contribution in [0.5, 0.6) is 0 Å². The van der Waals surface area contributed by atoms with Crippen LogP contribution in [-0.2, 0) is 15.4 Å². The molecule has 0 bridgehead atoms. The monoisotopic (exact) mass is 251 g/mol. The molecule has 15 heavy (non-hydrogen) atoms. The molecule has 86 valence electrons. The van der Waals surface area contributed by atoms with Gasteiger partial charge in [0.2, 0.25) is 10.0 Å². The van der Waals surface area contributed by atoms with Gasteiger partial charge in [0.05, 0.1) is 0 Å². The van der Waals surface area contributed by atoms with Crippen molar-refractivity contribution in [2.45, 2.75) is 26.2 Å². The van der Waals surface area contributed by atoms with E-state index < -0.39 is 15.2 Å². The highest BCUT2D eigenvalue weighted by atomic mass is 35.5. The van der Waals surface area contributed by atoms with Crippen LogP contribution in [0.15, 0.2) is 6.07 Å². The molecular formula is C8H14ClN3O2S. The number of hydrogen-bond acceptors (Lipinski definition) is 3. The van der Waals surface area contributed by atoms with Gasteiger partial charge in [0.15, 0.2) is 5.82 Å². The number of halogens is 1. The Bertz CT molecular complexity index is 433. The van der Waals surface area contributed by atoms with Gasteiger partial charge < -0.3 is 0 Å². The fourth-order valence-corrected chi connectivity index (χ4v) is 1.59. The lowest BCUT2D eigenvalue weighted by Gasteiger charge is -2.14. The minimum Gasteiger partial charge on any atom is -0.280 e. The van der Waals surface area contributed by atoms with Crippen LogP contribution in [-0.4, -0.2) is 23.8 Å². The van der Waals surface area contributed by atoms with E-state index in [-0.39, 0.29) is 11.2 Å². The van der Waals surface area contributed by atoms with Crippen LogP contribution in [0.3, 0.4) is 0 Å². The molecule has 1 rings (SSSR count). The molecule has 0 unspecified atom stereocenters. The van der Waals surface area contributed by atoms with E-state index >= 15 is 0 Å². The highest BCUT2D eigenvalue weighted by Gasteiger charge is 2.18. The number of aromatic amines is 1. The van der Waals surface area contributed by atoms with E-state index in [0.717, 1.165) is 5.69 Å². The third kappa shape index (κ3) is 3.39. The van der Waals surface area contributed by atoms with Crippen molar-refractivity contribution < 1.29 is 8.42 Å². The van der Waals surface area contributed by atoms with E-state index in [1.54, 1.807) is 6.07 Å². The van der Waals surface area contributed by atoms with Gasteiger partial charge in [0.25, 0.3) is 0 Å². The van der Waals surface area contributed by atoms with E-state index in [9.17, 15) is 8.42 Å². The van der Waals surface area contributed by atoms with E-state index in [1.807, 2.05) is 20.8 Å². The Labute approximate surface area is 94.3 Å². The topological polar surface area (TPSA) is 74.8 Å². The molecule has 0 amide bonds. The van der Waals surface area contributed by atoms with Gasteiger partial charge in [-0.15, -0.1) is 11.6 Å². The maximum absolute atomic E-state index is 11.1. The maximum atomic E-state index is 11.1. The highest BCUT2D eigenvalue weighted by Crippen LogP contribution is 2.22. The molecule has 0 radical (unpaired) electrons. The average Bonchev–Trinajstić information content (AvgIpc) is 2.51. The second-order valence-corrected chi connectivity index (χ2v) is 6.55. The molecule has 0 aliphatic rings. The molecular weight excluding hydrogens is 238 g/mol. The summed E-state index contributed by atoms with van der Waals surface area (Å²) in [7, 11) is -3.47. The van der Waals surface area contributed by atoms with Crippen LogP contribution in [0.25, 0.3) is 0 Å². The molecule has 7 heteroatoms. The Balaban J connectivity index is 2.87. The van der Waals surface area contributed by atoms with Gasteiger partial charge in [-0.05, 0) is 0 Å². The van der Waals surface area contributed by atoms with Crippen LogP contribution in [0.2, 0.25) is 0 Å². The minimum atomic E-state index is -3.47. The average molecular weight is 252 g/mol. The van der Waals surface area contributed by atoms with Gasteiger partial charge >= 0.3 is 0 Å². The quantitative estimate of drug-likeness (QED) is 0.802. The zero-order valence-electron chi connectivity index (χ0n) is 8.83. The van der Waals surface area contributed by atoms with Crippen molar-refractivity contribution in [3.05, 3.63) is 11.8 Å². The zero-order chi connectivity index (χ0) is 11.7. The minimum absolute atomic E-state index is 0.0995. The smallest absolute Gasteiger partial charge is 0.248 e. The van der Waals surface area contributed by atoms with Crippen molar-refractivity contribution >= 4 is 27.4 Å². The standard InChI is InChI=1S/C8H14ClN3O2S/c1-8(2,3)6-4-7(11-10-6)12-15(13,14)5-9/h4H,5H2,1-3H3,(H2,10,11,12). The highest BCUT2D eigenvalue weighted by molar-refractivity contribution is 7.93. The fourth-order valence-electron chi connectivity index (χ4n) is 0.945. The predicted octanol–water partition coefficient (Wildman–Crippen LogP) is 1.65. The lowest BCUT2D eigenvalue weighted by atomic mass is 9.92. The summed E-state index contributed by atoms with van der Waals surface area (Å²) >= 11 is 5.25. The van der Waals surface area contributed by atoms with Crippen molar-refractivity contribution in [3.63, 3.8) is 0 Å². The van der Waals surface area contributed by atoms with Gasteiger partial charge in [-0.1, -0.05) is 20.8 Å². The second-order valence-electron chi connectivity index (χ2n) is 4.24. The molecule has 0 fully saturated rings. The lowest BCUT2D eigenvalue weighted by molar-refractivity contribution is 0.567. The predicted molar refractivity (Wildman–Crippen MR) is 60.6 cm³/mol. The third-order valence-electron chi connectivity index (χ3n) is 1.79.